The quantitative estimate of drug-likeness (QED) is 0.519. The van der Waals surface area contributed by atoms with Crippen LogP contribution < -0.4 is 15.0 Å². The van der Waals surface area contributed by atoms with Gasteiger partial charge in [-0.15, -0.1) is 13.2 Å². The number of benzene rings is 1. The van der Waals surface area contributed by atoms with Crippen molar-refractivity contribution in [3.8, 4) is 5.75 Å². The summed E-state index contributed by atoms with van der Waals surface area (Å²) in [5, 5.41) is 6.76. The Morgan fingerprint density at radius 1 is 1.18 bits per heavy atom. The average Bonchev–Trinajstić information content (AvgIpc) is 3.40. The Bertz CT molecular complexity index is 1120. The summed E-state index contributed by atoms with van der Waals surface area (Å²) in [6, 6.07) is 5.96. The number of ether oxygens (including phenoxy) is 1. The van der Waals surface area contributed by atoms with Gasteiger partial charge in [0.25, 0.3) is 5.91 Å². The van der Waals surface area contributed by atoms with Crippen LogP contribution in [-0.4, -0.2) is 35.3 Å². The topological polar surface area (TPSA) is 72.5 Å². The van der Waals surface area contributed by atoms with E-state index in [0.717, 1.165) is 17.0 Å². The Hall–Kier alpha value is -3.64. The molecule has 4 rings (SSSR count). The van der Waals surface area contributed by atoms with E-state index in [4.69, 9.17) is 4.42 Å². The van der Waals surface area contributed by atoms with E-state index in [-0.39, 0.29) is 17.2 Å². The molecular formula is C20H16F6N4O3. The highest BCUT2D eigenvalue weighted by atomic mass is 19.4. The van der Waals surface area contributed by atoms with Crippen LogP contribution in [0.4, 0.5) is 37.8 Å². The molecule has 0 spiro atoms. The molecule has 3 aromatic rings. The summed E-state index contributed by atoms with van der Waals surface area (Å²) in [7, 11) is 1.32. The molecule has 0 saturated carbocycles. The lowest BCUT2D eigenvalue weighted by Gasteiger charge is -2.32. The molecule has 0 aliphatic carbocycles. The maximum absolute atomic E-state index is 13.7. The van der Waals surface area contributed by atoms with Gasteiger partial charge in [-0.3, -0.25) is 4.79 Å². The van der Waals surface area contributed by atoms with E-state index in [1.54, 1.807) is 12.1 Å². The van der Waals surface area contributed by atoms with E-state index in [1.165, 1.54) is 31.5 Å². The number of nitrogens with one attached hydrogen (secondary N) is 1. The lowest BCUT2D eigenvalue weighted by Crippen LogP contribution is -2.35. The van der Waals surface area contributed by atoms with Gasteiger partial charge in [0.2, 0.25) is 0 Å². The highest BCUT2D eigenvalue weighted by Crippen LogP contribution is 2.43. The second kappa shape index (κ2) is 8.05. The summed E-state index contributed by atoms with van der Waals surface area (Å²) in [5.41, 5.74) is -0.0840. The van der Waals surface area contributed by atoms with Gasteiger partial charge in [0.05, 0.1) is 12.3 Å². The maximum Gasteiger partial charge on any atom is 0.573 e. The number of carbonyl (C=O) groups is 1. The zero-order valence-corrected chi connectivity index (χ0v) is 16.8. The van der Waals surface area contributed by atoms with Gasteiger partial charge in [-0.1, -0.05) is 0 Å². The minimum Gasteiger partial charge on any atom is -0.467 e. The summed E-state index contributed by atoms with van der Waals surface area (Å²) in [6.45, 7) is 0. The molecule has 13 heteroatoms. The van der Waals surface area contributed by atoms with Crippen LogP contribution in [0, 0.1) is 0 Å². The van der Waals surface area contributed by atoms with Gasteiger partial charge in [0, 0.05) is 25.2 Å². The van der Waals surface area contributed by atoms with Crippen molar-refractivity contribution in [2.75, 3.05) is 17.3 Å². The molecule has 7 nitrogen and oxygen atoms in total. The first-order valence-corrected chi connectivity index (χ1v) is 9.52. The first kappa shape index (κ1) is 22.6. The number of carbonyl (C=O) groups excluding carboxylic acids is 1. The molecule has 1 aliphatic heterocycles. The molecule has 1 N–H and O–H groups in total. The van der Waals surface area contributed by atoms with Crippen molar-refractivity contribution in [2.45, 2.75) is 31.0 Å². The van der Waals surface area contributed by atoms with E-state index < -0.39 is 42.7 Å². The van der Waals surface area contributed by atoms with Crippen LogP contribution in [0.2, 0.25) is 0 Å². The minimum atomic E-state index is -4.87. The Morgan fingerprint density at radius 2 is 1.88 bits per heavy atom. The van der Waals surface area contributed by atoms with E-state index >= 15 is 0 Å². The van der Waals surface area contributed by atoms with Crippen molar-refractivity contribution in [1.29, 1.82) is 0 Å². The molecule has 0 unspecified atom stereocenters. The number of furan rings is 1. The van der Waals surface area contributed by atoms with E-state index in [1.807, 2.05) is 0 Å². The van der Waals surface area contributed by atoms with E-state index in [2.05, 4.69) is 15.2 Å². The van der Waals surface area contributed by atoms with Crippen molar-refractivity contribution in [3.05, 3.63) is 60.2 Å². The molecule has 0 fully saturated rings. The lowest BCUT2D eigenvalue weighted by molar-refractivity contribution is -0.274. The molecule has 33 heavy (non-hydrogen) atoms. The molecule has 1 aromatic carbocycles. The Morgan fingerprint density at radius 3 is 2.45 bits per heavy atom. The summed E-state index contributed by atoms with van der Waals surface area (Å²) >= 11 is 0. The van der Waals surface area contributed by atoms with Crippen molar-refractivity contribution < 1.29 is 40.3 Å². The van der Waals surface area contributed by atoms with E-state index in [9.17, 15) is 31.1 Å². The Balaban J connectivity index is 1.58. The molecular weight excluding hydrogens is 458 g/mol. The zero-order chi connectivity index (χ0) is 24.0. The fraction of sp³-hybridized carbons (Fsp3) is 0.300. The van der Waals surface area contributed by atoms with Crippen molar-refractivity contribution in [2.24, 2.45) is 0 Å². The predicted octanol–water partition coefficient (Wildman–Crippen LogP) is 5.31. The third-order valence-electron chi connectivity index (χ3n) is 5.06. The molecule has 2 atom stereocenters. The van der Waals surface area contributed by atoms with Gasteiger partial charge in [-0.05, 0) is 36.4 Å². The fourth-order valence-electron chi connectivity index (χ4n) is 3.51. The SMILES string of the molecule is CN(C(=O)c1cc2n(n1)[C@@H](C(F)(F)F)C[C@@H](c1ccco1)N2)c1ccc(OC(F)(F)F)cc1. The second-order valence-electron chi connectivity index (χ2n) is 7.27. The molecule has 0 radical (unpaired) electrons. The minimum absolute atomic E-state index is 0.0179. The number of alkyl halides is 6. The van der Waals surface area contributed by atoms with Crippen molar-refractivity contribution in [1.82, 2.24) is 9.78 Å². The second-order valence-corrected chi connectivity index (χ2v) is 7.27. The average molecular weight is 474 g/mol. The van der Waals surface area contributed by atoms with Crippen LogP contribution in [0.1, 0.15) is 34.8 Å². The number of halogens is 6. The third-order valence-corrected chi connectivity index (χ3v) is 5.06. The molecule has 2 aromatic heterocycles. The number of anilines is 2. The first-order chi connectivity index (χ1) is 15.4. The summed E-state index contributed by atoms with van der Waals surface area (Å²) in [6.07, 6.45) is -8.54. The molecule has 176 valence electrons. The number of amides is 1. The van der Waals surface area contributed by atoms with Crippen LogP contribution >= 0.6 is 0 Å². The Kier molecular flexibility index (Phi) is 5.50. The zero-order valence-electron chi connectivity index (χ0n) is 16.8. The van der Waals surface area contributed by atoms with Crippen LogP contribution in [0.5, 0.6) is 5.75 Å². The number of aromatic nitrogens is 2. The molecule has 3 heterocycles. The number of hydrogen-bond acceptors (Lipinski definition) is 5. The number of hydrogen-bond donors (Lipinski definition) is 1. The van der Waals surface area contributed by atoms with Crippen molar-refractivity contribution in [3.63, 3.8) is 0 Å². The van der Waals surface area contributed by atoms with Gasteiger partial charge in [0.15, 0.2) is 11.7 Å². The molecule has 1 aliphatic rings. The molecule has 0 bridgehead atoms. The standard InChI is InChI=1S/C20H16F6N4O3/c1-29(11-4-6-12(7-5-11)33-20(24,25)26)18(31)14-10-17-27-13(15-3-2-8-32-15)9-16(19(21,22)23)30(17)28-14/h2-8,10,13,16,27H,9H2,1H3/t13-,16+/m0/s1. The summed E-state index contributed by atoms with van der Waals surface area (Å²) in [4.78, 5) is 13.9. The van der Waals surface area contributed by atoms with Crippen LogP contribution in [0.15, 0.2) is 53.1 Å². The highest BCUT2D eigenvalue weighted by molar-refractivity contribution is 6.04. The fourth-order valence-corrected chi connectivity index (χ4v) is 3.51. The van der Waals surface area contributed by atoms with E-state index in [0.29, 0.717) is 10.4 Å². The monoisotopic (exact) mass is 474 g/mol. The van der Waals surface area contributed by atoms with Gasteiger partial charge in [-0.25, -0.2) is 4.68 Å². The van der Waals surface area contributed by atoms with Crippen LogP contribution in [0.25, 0.3) is 0 Å². The Labute approximate surface area is 182 Å². The predicted molar refractivity (Wildman–Crippen MR) is 103 cm³/mol. The molecule has 0 saturated heterocycles. The van der Waals surface area contributed by atoms with Crippen LogP contribution in [0.3, 0.4) is 0 Å². The smallest absolute Gasteiger partial charge is 0.467 e. The van der Waals surface area contributed by atoms with Gasteiger partial charge >= 0.3 is 12.5 Å². The normalized spacial score (nSPS) is 18.4. The first-order valence-electron chi connectivity index (χ1n) is 9.52. The number of fused-ring (bicyclic) bond motifs is 1. The number of nitrogens with zero attached hydrogens (tertiary/aromatic N) is 3. The highest BCUT2D eigenvalue weighted by Gasteiger charge is 2.47. The third kappa shape index (κ3) is 4.76. The molecule has 1 amide bonds. The van der Waals surface area contributed by atoms with Gasteiger partial charge in [0.1, 0.15) is 17.3 Å². The van der Waals surface area contributed by atoms with Crippen molar-refractivity contribution >= 4 is 17.4 Å². The number of rotatable bonds is 4. The summed E-state index contributed by atoms with van der Waals surface area (Å²) < 4.78 is 87.8. The van der Waals surface area contributed by atoms with Gasteiger partial charge in [-0.2, -0.15) is 18.3 Å². The largest absolute Gasteiger partial charge is 0.573 e. The van der Waals surface area contributed by atoms with Gasteiger partial charge < -0.3 is 19.4 Å². The summed E-state index contributed by atoms with van der Waals surface area (Å²) in [5.74, 6) is -0.942. The lowest BCUT2D eigenvalue weighted by atomic mass is 10.0. The van der Waals surface area contributed by atoms with Crippen LogP contribution in [-0.2, 0) is 0 Å². The maximum atomic E-state index is 13.7.